The van der Waals surface area contributed by atoms with Crippen LogP contribution in [0.25, 0.3) is 5.57 Å². The third kappa shape index (κ3) is 5.80. The number of carbonyl (C=O) groups excluding carboxylic acids is 1. The fourth-order valence-electron chi connectivity index (χ4n) is 3.56. The van der Waals surface area contributed by atoms with E-state index in [1.165, 1.54) is 0 Å². The second-order valence-corrected chi connectivity index (χ2v) is 9.44. The molecule has 1 aliphatic heterocycles. The Balaban J connectivity index is 2.25. The van der Waals surface area contributed by atoms with E-state index < -0.39 is 50.5 Å². The number of carbonyl (C=O) groups is 1. The molecule has 3 rings (SSSR count). The van der Waals surface area contributed by atoms with Crippen molar-refractivity contribution in [3.63, 3.8) is 0 Å². The van der Waals surface area contributed by atoms with Crippen LogP contribution in [0.5, 0.6) is 0 Å². The van der Waals surface area contributed by atoms with Gasteiger partial charge in [-0.25, -0.2) is 8.42 Å². The number of benzene rings is 1. The maximum Gasteiger partial charge on any atom is 0.431 e. The normalized spacial score (nSPS) is 16.6. The molecule has 0 saturated heterocycles. The molecular formula is C22H22F3N5O4S. The van der Waals surface area contributed by atoms with Crippen LogP contribution >= 0.6 is 0 Å². The van der Waals surface area contributed by atoms with Crippen molar-refractivity contribution in [1.29, 1.82) is 0 Å². The molecule has 2 aromatic rings. The lowest BCUT2D eigenvalue weighted by Gasteiger charge is -2.26. The lowest BCUT2D eigenvalue weighted by Crippen LogP contribution is -2.32. The van der Waals surface area contributed by atoms with Crippen LogP contribution < -0.4 is 21.3 Å². The van der Waals surface area contributed by atoms with Crippen LogP contribution in [0.4, 0.5) is 18.9 Å². The lowest BCUT2D eigenvalue weighted by atomic mass is 9.88. The molecular weight excluding hydrogens is 487 g/mol. The first-order chi connectivity index (χ1) is 16.3. The number of nitrogens with zero attached hydrogens (tertiary/aromatic N) is 1. The first-order valence-electron chi connectivity index (χ1n) is 10.2. The molecule has 1 atom stereocenters. The molecule has 186 valence electrons. The number of hydrogen-bond donors (Lipinski definition) is 4. The molecule has 0 aliphatic carbocycles. The summed E-state index contributed by atoms with van der Waals surface area (Å²) in [6, 6.07) is 8.01. The SMILES string of the molecule is C=C1C(CNC=O)=C(c2cc(C(F)(F)F)[nH]c(=O)c2NS(=O)(=O)Cc2ccccc2)C(N)=NC1C. The van der Waals surface area contributed by atoms with Crippen molar-refractivity contribution in [2.24, 2.45) is 10.7 Å². The van der Waals surface area contributed by atoms with E-state index in [-0.39, 0.29) is 23.5 Å². The maximum atomic E-state index is 13.5. The molecule has 1 aliphatic rings. The summed E-state index contributed by atoms with van der Waals surface area (Å²) in [5, 5.41) is 2.39. The molecule has 0 radical (unpaired) electrons. The summed E-state index contributed by atoms with van der Waals surface area (Å²) in [4.78, 5) is 29.5. The van der Waals surface area contributed by atoms with Gasteiger partial charge in [0.2, 0.25) is 16.4 Å². The molecule has 2 heterocycles. The zero-order valence-electron chi connectivity index (χ0n) is 18.4. The maximum absolute atomic E-state index is 13.5. The Bertz CT molecular complexity index is 1380. The second-order valence-electron chi connectivity index (χ2n) is 7.71. The Morgan fingerprint density at radius 3 is 2.51 bits per heavy atom. The number of alkyl halides is 3. The lowest BCUT2D eigenvalue weighted by molar-refractivity contribution is -0.141. The van der Waals surface area contributed by atoms with Gasteiger partial charge in [-0.2, -0.15) is 13.2 Å². The first kappa shape index (κ1) is 25.7. The average molecular weight is 510 g/mol. The van der Waals surface area contributed by atoms with Gasteiger partial charge in [0, 0.05) is 17.7 Å². The minimum absolute atomic E-state index is 0.142. The standard InChI is InChI=1S/C22H22F3N5O4S/c1-12-13(2)28-20(26)18(16(12)9-27-11-31)15-8-17(22(23,24)25)29-21(32)19(15)30-35(33,34)10-14-6-4-3-5-7-14/h3-8,11,13,30H,1,9-10H2,2H3,(H2,26,28)(H,27,31)(H,29,32). The Morgan fingerprint density at radius 1 is 1.26 bits per heavy atom. The zero-order valence-corrected chi connectivity index (χ0v) is 19.3. The van der Waals surface area contributed by atoms with Gasteiger partial charge in [0.1, 0.15) is 17.2 Å². The molecule has 0 saturated carbocycles. The summed E-state index contributed by atoms with van der Waals surface area (Å²) in [7, 11) is -4.24. The summed E-state index contributed by atoms with van der Waals surface area (Å²) >= 11 is 0. The quantitative estimate of drug-likeness (QED) is 0.403. The number of aliphatic imine (C=N–C) groups is 1. The molecule has 35 heavy (non-hydrogen) atoms. The highest BCUT2D eigenvalue weighted by molar-refractivity contribution is 7.91. The number of halogens is 3. The predicted molar refractivity (Wildman–Crippen MR) is 126 cm³/mol. The fraction of sp³-hybridized carbons (Fsp3) is 0.227. The van der Waals surface area contributed by atoms with Gasteiger partial charge in [-0.15, -0.1) is 0 Å². The summed E-state index contributed by atoms with van der Waals surface area (Å²) in [6.45, 7) is 5.31. The summed E-state index contributed by atoms with van der Waals surface area (Å²) in [6.07, 6.45) is -4.59. The number of hydrogen-bond acceptors (Lipinski definition) is 6. The minimum Gasteiger partial charge on any atom is -0.383 e. The largest absolute Gasteiger partial charge is 0.431 e. The van der Waals surface area contributed by atoms with Gasteiger partial charge in [-0.05, 0) is 29.7 Å². The number of amidine groups is 1. The highest BCUT2D eigenvalue weighted by Gasteiger charge is 2.35. The third-order valence-corrected chi connectivity index (χ3v) is 6.44. The van der Waals surface area contributed by atoms with Crippen molar-refractivity contribution in [3.05, 3.63) is 81.3 Å². The van der Waals surface area contributed by atoms with Gasteiger partial charge >= 0.3 is 6.18 Å². The number of nitrogens with two attached hydrogens (primary N) is 1. The topological polar surface area (TPSA) is 147 Å². The van der Waals surface area contributed by atoms with Gasteiger partial charge < -0.3 is 16.0 Å². The second kappa shape index (κ2) is 9.78. The van der Waals surface area contributed by atoms with Gasteiger partial charge in [0.25, 0.3) is 5.56 Å². The van der Waals surface area contributed by atoms with E-state index in [0.717, 1.165) is 0 Å². The van der Waals surface area contributed by atoms with E-state index in [0.29, 0.717) is 23.6 Å². The van der Waals surface area contributed by atoms with E-state index in [4.69, 9.17) is 5.73 Å². The Morgan fingerprint density at radius 2 is 1.91 bits per heavy atom. The number of pyridine rings is 1. The summed E-state index contributed by atoms with van der Waals surface area (Å²) < 4.78 is 68.4. The Kier molecular flexibility index (Phi) is 7.19. The molecule has 9 nitrogen and oxygen atoms in total. The highest BCUT2D eigenvalue weighted by atomic mass is 32.2. The third-order valence-electron chi connectivity index (χ3n) is 5.21. The van der Waals surface area contributed by atoms with Crippen molar-refractivity contribution in [2.75, 3.05) is 11.3 Å². The van der Waals surface area contributed by atoms with Crippen LogP contribution in [0.1, 0.15) is 23.7 Å². The molecule has 0 fully saturated rings. The van der Waals surface area contributed by atoms with Crippen LogP contribution in [0.15, 0.2) is 63.9 Å². The number of dihydropyridines is 1. The number of H-pyrrole nitrogens is 1. The zero-order chi connectivity index (χ0) is 26.0. The van der Waals surface area contributed by atoms with Gasteiger partial charge in [0.15, 0.2) is 0 Å². The van der Waals surface area contributed by atoms with E-state index in [9.17, 15) is 31.2 Å². The molecule has 0 spiro atoms. The van der Waals surface area contributed by atoms with Gasteiger partial charge in [-0.1, -0.05) is 36.9 Å². The van der Waals surface area contributed by atoms with E-state index in [2.05, 4.69) is 21.6 Å². The molecule has 1 aromatic heterocycles. The molecule has 1 aromatic carbocycles. The Hall–Kier alpha value is -3.87. The molecule has 5 N–H and O–H groups in total. The van der Waals surface area contributed by atoms with Crippen molar-refractivity contribution >= 4 is 33.5 Å². The van der Waals surface area contributed by atoms with Gasteiger partial charge in [0.05, 0.1) is 11.8 Å². The number of nitrogens with one attached hydrogen (secondary N) is 3. The first-order valence-corrected chi connectivity index (χ1v) is 11.8. The monoisotopic (exact) mass is 509 g/mol. The molecule has 1 unspecified atom stereocenters. The van der Waals surface area contributed by atoms with E-state index in [1.54, 1.807) is 42.2 Å². The molecule has 0 bridgehead atoms. The van der Waals surface area contributed by atoms with Crippen LogP contribution in [0.2, 0.25) is 0 Å². The smallest absolute Gasteiger partial charge is 0.383 e. The van der Waals surface area contributed by atoms with Crippen molar-refractivity contribution < 1.29 is 26.4 Å². The van der Waals surface area contributed by atoms with Gasteiger partial charge in [-0.3, -0.25) is 19.3 Å². The number of aromatic nitrogens is 1. The minimum atomic E-state index is -4.96. The average Bonchev–Trinajstić information content (AvgIpc) is 2.76. The van der Waals surface area contributed by atoms with Crippen LogP contribution in [-0.2, 0) is 26.7 Å². The molecule has 1 amide bonds. The fourth-order valence-corrected chi connectivity index (χ4v) is 4.78. The predicted octanol–water partition coefficient (Wildman–Crippen LogP) is 2.15. The van der Waals surface area contributed by atoms with Crippen LogP contribution in [0.3, 0.4) is 0 Å². The number of sulfonamides is 1. The van der Waals surface area contributed by atoms with E-state index in [1.807, 2.05) is 0 Å². The van der Waals surface area contributed by atoms with Crippen LogP contribution in [0, 0.1) is 0 Å². The Labute approximate surface area is 198 Å². The number of anilines is 1. The van der Waals surface area contributed by atoms with Crippen LogP contribution in [-0.4, -0.2) is 38.2 Å². The van der Waals surface area contributed by atoms with E-state index >= 15 is 0 Å². The van der Waals surface area contributed by atoms with Crippen molar-refractivity contribution in [1.82, 2.24) is 10.3 Å². The highest BCUT2D eigenvalue weighted by Crippen LogP contribution is 2.36. The summed E-state index contributed by atoms with van der Waals surface area (Å²) in [5.74, 6) is -0.783. The van der Waals surface area contributed by atoms with Crippen molar-refractivity contribution in [3.8, 4) is 0 Å². The van der Waals surface area contributed by atoms with Crippen molar-refractivity contribution in [2.45, 2.75) is 24.9 Å². The summed E-state index contributed by atoms with van der Waals surface area (Å²) in [5.41, 5.74) is 2.96. The number of rotatable bonds is 8. The number of aromatic amines is 1. The number of amides is 1. The molecule has 13 heteroatoms.